The molecule has 7 heteroatoms. The molecule has 5 rings (SSSR count). The summed E-state index contributed by atoms with van der Waals surface area (Å²) in [4.78, 5) is 50.9. The molecular weight excluding hydrogens is 384 g/mol. The fourth-order valence-corrected chi connectivity index (χ4v) is 5.42. The summed E-state index contributed by atoms with van der Waals surface area (Å²) in [5.74, 6) is -1.63. The molecule has 3 amide bonds. The number of rotatable bonds is 4. The fourth-order valence-electron chi connectivity index (χ4n) is 5.42. The Balaban J connectivity index is 1.34. The van der Waals surface area contributed by atoms with Crippen LogP contribution in [0.1, 0.15) is 40.0 Å². The van der Waals surface area contributed by atoms with Gasteiger partial charge in [-0.05, 0) is 67.5 Å². The molecule has 2 bridgehead atoms. The predicted octanol–water partition coefficient (Wildman–Crippen LogP) is 3.17. The molecule has 3 fully saturated rings. The Labute approximate surface area is 172 Å². The second kappa shape index (κ2) is 6.79. The van der Waals surface area contributed by atoms with Crippen molar-refractivity contribution in [2.24, 2.45) is 23.7 Å². The van der Waals surface area contributed by atoms with Crippen molar-refractivity contribution in [2.45, 2.75) is 19.3 Å². The molecule has 2 aromatic rings. The van der Waals surface area contributed by atoms with Crippen LogP contribution in [-0.4, -0.2) is 28.8 Å². The summed E-state index contributed by atoms with van der Waals surface area (Å²) in [7, 11) is 0. The maximum atomic E-state index is 12.9. The van der Waals surface area contributed by atoms with Crippen LogP contribution in [0.4, 0.5) is 11.4 Å². The third-order valence-electron chi connectivity index (χ3n) is 6.71. The van der Waals surface area contributed by atoms with Crippen LogP contribution in [0.3, 0.4) is 0 Å². The molecule has 0 radical (unpaired) electrons. The van der Waals surface area contributed by atoms with Gasteiger partial charge >= 0.3 is 5.97 Å². The van der Waals surface area contributed by atoms with E-state index < -0.39 is 11.9 Å². The molecule has 1 aliphatic heterocycles. The topological polar surface area (TPSA) is 104 Å². The normalized spacial score (nSPS) is 26.7. The summed E-state index contributed by atoms with van der Waals surface area (Å²) in [6.45, 7) is 0. The molecule has 1 heterocycles. The van der Waals surface area contributed by atoms with E-state index in [4.69, 9.17) is 0 Å². The summed E-state index contributed by atoms with van der Waals surface area (Å²) in [5, 5.41) is 11.9. The first-order valence-corrected chi connectivity index (χ1v) is 10.1. The van der Waals surface area contributed by atoms with Crippen LogP contribution < -0.4 is 10.2 Å². The van der Waals surface area contributed by atoms with Crippen LogP contribution in [0.5, 0.6) is 0 Å². The second-order valence-corrected chi connectivity index (χ2v) is 8.25. The van der Waals surface area contributed by atoms with Gasteiger partial charge in [0, 0.05) is 5.69 Å². The van der Waals surface area contributed by atoms with E-state index in [-0.39, 0.29) is 34.8 Å². The van der Waals surface area contributed by atoms with E-state index in [1.165, 1.54) is 17.0 Å². The first-order valence-electron chi connectivity index (χ1n) is 10.1. The van der Waals surface area contributed by atoms with Crippen molar-refractivity contribution < 1.29 is 24.3 Å². The highest BCUT2D eigenvalue weighted by Gasteiger charge is 2.61. The maximum absolute atomic E-state index is 12.9. The molecule has 2 aromatic carbocycles. The zero-order valence-electron chi connectivity index (χ0n) is 16.1. The first-order chi connectivity index (χ1) is 14.5. The van der Waals surface area contributed by atoms with Gasteiger partial charge in [0.25, 0.3) is 5.91 Å². The predicted molar refractivity (Wildman–Crippen MR) is 108 cm³/mol. The lowest BCUT2D eigenvalue weighted by molar-refractivity contribution is -0.123. The molecule has 30 heavy (non-hydrogen) atoms. The van der Waals surface area contributed by atoms with E-state index >= 15 is 0 Å². The van der Waals surface area contributed by atoms with Crippen molar-refractivity contribution in [2.75, 3.05) is 10.2 Å². The Morgan fingerprint density at radius 2 is 1.43 bits per heavy atom. The Kier molecular flexibility index (Phi) is 4.20. The lowest BCUT2D eigenvalue weighted by Gasteiger charge is -2.19. The second-order valence-electron chi connectivity index (χ2n) is 8.25. The number of nitrogens with one attached hydrogen (secondary N) is 1. The van der Waals surface area contributed by atoms with Crippen molar-refractivity contribution >= 4 is 35.1 Å². The molecule has 7 nitrogen and oxygen atoms in total. The summed E-state index contributed by atoms with van der Waals surface area (Å²) in [6.07, 6.45) is 3.05. The molecule has 4 atom stereocenters. The molecule has 2 N–H and O–H groups in total. The monoisotopic (exact) mass is 404 g/mol. The molecule has 152 valence electrons. The zero-order chi connectivity index (χ0) is 21.0. The third-order valence-corrected chi connectivity index (χ3v) is 6.71. The summed E-state index contributed by atoms with van der Waals surface area (Å²) < 4.78 is 0. The highest BCUT2D eigenvalue weighted by molar-refractivity contribution is 6.22. The minimum Gasteiger partial charge on any atom is -0.478 e. The molecule has 2 aliphatic carbocycles. The number of amides is 3. The number of carbonyl (C=O) groups excluding carboxylic acids is 3. The number of imide groups is 1. The minimum atomic E-state index is -1.18. The van der Waals surface area contributed by atoms with E-state index in [0.29, 0.717) is 23.2 Å². The highest BCUT2D eigenvalue weighted by atomic mass is 16.4. The number of fused-ring (bicyclic) bond motifs is 5. The SMILES string of the molecule is O=C(O)c1ccccc1C(=O)Nc1ccc(N2C(=O)[C@H]3[C@H]4CC[C@@H](C4)[C@@H]3C2=O)cc1. The zero-order valence-corrected chi connectivity index (χ0v) is 16.1. The van der Waals surface area contributed by atoms with E-state index in [1.807, 2.05) is 0 Å². The van der Waals surface area contributed by atoms with Crippen molar-refractivity contribution in [3.8, 4) is 0 Å². The largest absolute Gasteiger partial charge is 0.478 e. The van der Waals surface area contributed by atoms with Gasteiger partial charge in [-0.3, -0.25) is 19.3 Å². The van der Waals surface area contributed by atoms with Gasteiger partial charge in [0.1, 0.15) is 0 Å². The van der Waals surface area contributed by atoms with Crippen LogP contribution in [0.2, 0.25) is 0 Å². The van der Waals surface area contributed by atoms with Gasteiger partial charge in [0.15, 0.2) is 0 Å². The van der Waals surface area contributed by atoms with Crippen molar-refractivity contribution in [3.63, 3.8) is 0 Å². The lowest BCUT2D eigenvalue weighted by atomic mass is 9.81. The number of hydrogen-bond donors (Lipinski definition) is 2. The molecule has 3 aliphatic rings. The summed E-state index contributed by atoms with van der Waals surface area (Å²) in [5.41, 5.74) is 0.925. The van der Waals surface area contributed by atoms with E-state index in [1.54, 1.807) is 36.4 Å². The van der Waals surface area contributed by atoms with Gasteiger partial charge in [-0.2, -0.15) is 0 Å². The Morgan fingerprint density at radius 1 is 0.867 bits per heavy atom. The quantitative estimate of drug-likeness (QED) is 0.762. The highest BCUT2D eigenvalue weighted by Crippen LogP contribution is 2.56. The number of anilines is 2. The summed E-state index contributed by atoms with van der Waals surface area (Å²) >= 11 is 0. The number of benzene rings is 2. The number of hydrogen-bond acceptors (Lipinski definition) is 4. The van der Waals surface area contributed by atoms with Crippen LogP contribution in [0.25, 0.3) is 0 Å². The van der Waals surface area contributed by atoms with Gasteiger partial charge in [-0.15, -0.1) is 0 Å². The number of aromatic carboxylic acids is 1. The van der Waals surface area contributed by atoms with Crippen LogP contribution in [-0.2, 0) is 9.59 Å². The van der Waals surface area contributed by atoms with Crippen molar-refractivity contribution in [3.05, 3.63) is 59.7 Å². The van der Waals surface area contributed by atoms with Crippen LogP contribution in [0.15, 0.2) is 48.5 Å². The average Bonchev–Trinajstić information content (AvgIpc) is 3.42. The van der Waals surface area contributed by atoms with Gasteiger partial charge in [0.2, 0.25) is 11.8 Å². The average molecular weight is 404 g/mol. The van der Waals surface area contributed by atoms with E-state index in [2.05, 4.69) is 5.32 Å². The number of carboxylic acids is 1. The Morgan fingerprint density at radius 3 is 2.00 bits per heavy atom. The number of nitrogens with zero attached hydrogens (tertiary/aromatic N) is 1. The molecule has 0 unspecified atom stereocenters. The van der Waals surface area contributed by atoms with Crippen LogP contribution >= 0.6 is 0 Å². The van der Waals surface area contributed by atoms with Crippen molar-refractivity contribution in [1.29, 1.82) is 0 Å². The summed E-state index contributed by atoms with van der Waals surface area (Å²) in [6, 6.07) is 12.5. The van der Waals surface area contributed by atoms with Crippen LogP contribution in [0, 0.1) is 23.7 Å². The fraction of sp³-hybridized carbons (Fsp3) is 0.304. The van der Waals surface area contributed by atoms with Gasteiger partial charge in [-0.1, -0.05) is 12.1 Å². The van der Waals surface area contributed by atoms with E-state index in [9.17, 15) is 24.3 Å². The standard InChI is InChI=1S/C23H20N2O5/c26-20(16-3-1-2-4-17(16)23(29)30)24-14-7-9-15(10-8-14)25-21(27)18-12-5-6-13(11-12)19(18)22(25)28/h1-4,7-10,12-13,18-19H,5-6,11H2,(H,24,26)(H,29,30)/t12-,13-,18-,19-/m0/s1. The Hall–Kier alpha value is -3.48. The van der Waals surface area contributed by atoms with E-state index in [0.717, 1.165) is 19.3 Å². The van der Waals surface area contributed by atoms with Gasteiger partial charge in [-0.25, -0.2) is 4.79 Å². The molecule has 0 spiro atoms. The first kappa shape index (κ1) is 18.5. The van der Waals surface area contributed by atoms with Gasteiger partial charge < -0.3 is 10.4 Å². The molecule has 1 saturated heterocycles. The maximum Gasteiger partial charge on any atom is 0.336 e. The molecule has 0 aromatic heterocycles. The number of carbonyl (C=O) groups is 4. The van der Waals surface area contributed by atoms with Gasteiger partial charge in [0.05, 0.1) is 28.7 Å². The Bertz CT molecular complexity index is 1050. The number of carboxylic acid groups (broad SMARTS) is 1. The van der Waals surface area contributed by atoms with Crippen molar-refractivity contribution in [1.82, 2.24) is 0 Å². The lowest BCUT2D eigenvalue weighted by Crippen LogP contribution is -2.32. The molecular formula is C23H20N2O5. The molecule has 2 saturated carbocycles. The minimum absolute atomic E-state index is 0.0577. The third kappa shape index (κ3) is 2.73. The smallest absolute Gasteiger partial charge is 0.336 e.